The summed E-state index contributed by atoms with van der Waals surface area (Å²) in [7, 11) is 0. The normalized spacial score (nSPS) is 49.7. The molecule has 2 heterocycles. The first kappa shape index (κ1) is 17.1. The van der Waals surface area contributed by atoms with Crippen LogP contribution in [0.4, 0.5) is 0 Å². The zero-order chi connectivity index (χ0) is 16.6. The van der Waals surface area contributed by atoms with Crippen LogP contribution in [0.25, 0.3) is 0 Å². The smallest absolute Gasteiger partial charge is 0.205 e. The van der Waals surface area contributed by atoms with E-state index >= 15 is 0 Å². The lowest BCUT2D eigenvalue weighted by molar-refractivity contribution is -0.342. The van der Waals surface area contributed by atoms with E-state index in [-0.39, 0.29) is 24.4 Å². The lowest BCUT2D eigenvalue weighted by Gasteiger charge is -2.42. The maximum Gasteiger partial charge on any atom is 0.205 e. The zero-order valence-corrected chi connectivity index (χ0v) is 12.6. The summed E-state index contributed by atoms with van der Waals surface area (Å²) in [6.45, 7) is -0.492. The molecule has 0 bridgehead atoms. The van der Waals surface area contributed by atoms with E-state index in [1.807, 2.05) is 6.08 Å². The molecule has 1 saturated carbocycles. The van der Waals surface area contributed by atoms with Gasteiger partial charge < -0.3 is 39.7 Å². The molecule has 9 atom stereocenters. The fraction of sp³-hybridized carbons (Fsp3) is 0.867. The van der Waals surface area contributed by atoms with Gasteiger partial charge in [-0.05, 0) is 30.8 Å². The number of allylic oxidation sites excluding steroid dienone is 1. The van der Waals surface area contributed by atoms with Gasteiger partial charge in [-0.2, -0.15) is 0 Å². The quantitative estimate of drug-likeness (QED) is 0.412. The predicted molar refractivity (Wildman–Crippen MR) is 75.7 cm³/mol. The number of ether oxygens (including phenoxy) is 3. The monoisotopic (exact) mass is 332 g/mol. The molecule has 2 aliphatic heterocycles. The summed E-state index contributed by atoms with van der Waals surface area (Å²) in [6, 6.07) is 0. The van der Waals surface area contributed by atoms with Gasteiger partial charge in [0.1, 0.15) is 24.4 Å². The first-order valence-electron chi connectivity index (χ1n) is 7.95. The third-order valence-electron chi connectivity index (χ3n) is 5.11. The van der Waals surface area contributed by atoms with Gasteiger partial charge in [0, 0.05) is 12.5 Å². The summed E-state index contributed by atoms with van der Waals surface area (Å²) in [5.74, 6) is 0.174. The van der Waals surface area contributed by atoms with Crippen LogP contribution >= 0.6 is 0 Å². The number of aliphatic hydroxyl groups excluding tert-OH is 5. The summed E-state index contributed by atoms with van der Waals surface area (Å²) in [5, 5.41) is 48.4. The van der Waals surface area contributed by atoms with Crippen molar-refractivity contribution in [2.45, 2.75) is 49.8 Å². The molecule has 0 radical (unpaired) electrons. The third-order valence-corrected chi connectivity index (χ3v) is 5.11. The Morgan fingerprint density at radius 3 is 2.43 bits per heavy atom. The van der Waals surface area contributed by atoms with Crippen LogP contribution in [-0.4, -0.2) is 75.7 Å². The lowest BCUT2D eigenvalue weighted by atomic mass is 9.88. The average molecular weight is 332 g/mol. The summed E-state index contributed by atoms with van der Waals surface area (Å²) in [5.41, 5.74) is 0. The van der Waals surface area contributed by atoms with Crippen molar-refractivity contribution in [2.24, 2.45) is 17.8 Å². The molecule has 0 spiro atoms. The minimum atomic E-state index is -1.49. The van der Waals surface area contributed by atoms with E-state index < -0.39 is 43.6 Å². The van der Waals surface area contributed by atoms with Crippen LogP contribution in [0.3, 0.4) is 0 Å². The Hall–Kier alpha value is -0.740. The molecule has 132 valence electrons. The van der Waals surface area contributed by atoms with Gasteiger partial charge >= 0.3 is 0 Å². The standard InChI is InChI=1S/C15H24O8/c16-5-8-2-1-7-3-4-21-14(10(7)8)23-15-13(20)12(19)11(18)9(6-17)22-15/h3-4,7-20H,1-2,5-6H2. The highest BCUT2D eigenvalue weighted by atomic mass is 16.8. The fourth-order valence-electron chi connectivity index (χ4n) is 3.75. The van der Waals surface area contributed by atoms with Crippen molar-refractivity contribution in [1.29, 1.82) is 0 Å². The highest BCUT2D eigenvalue weighted by Crippen LogP contribution is 2.44. The molecule has 0 aromatic rings. The molecule has 8 heteroatoms. The minimum absolute atomic E-state index is 0.0207. The third kappa shape index (κ3) is 3.12. The number of rotatable bonds is 4. The topological polar surface area (TPSA) is 129 Å². The van der Waals surface area contributed by atoms with Crippen molar-refractivity contribution in [3.05, 3.63) is 12.3 Å². The van der Waals surface area contributed by atoms with Crippen molar-refractivity contribution >= 4 is 0 Å². The van der Waals surface area contributed by atoms with Gasteiger partial charge in [-0.1, -0.05) is 0 Å². The van der Waals surface area contributed by atoms with Crippen LogP contribution in [-0.2, 0) is 14.2 Å². The van der Waals surface area contributed by atoms with Gasteiger partial charge in [0.05, 0.1) is 12.9 Å². The Labute approximate surface area is 133 Å². The fourth-order valence-corrected chi connectivity index (χ4v) is 3.75. The van der Waals surface area contributed by atoms with E-state index in [4.69, 9.17) is 14.2 Å². The van der Waals surface area contributed by atoms with Crippen LogP contribution in [0, 0.1) is 17.8 Å². The molecular formula is C15H24O8. The van der Waals surface area contributed by atoms with Gasteiger partial charge in [0.15, 0.2) is 6.29 Å². The Bertz CT molecular complexity index is 428. The van der Waals surface area contributed by atoms with E-state index in [1.54, 1.807) is 0 Å². The summed E-state index contributed by atoms with van der Waals surface area (Å²) in [4.78, 5) is 0. The first-order chi connectivity index (χ1) is 11.1. The second-order valence-corrected chi connectivity index (χ2v) is 6.43. The van der Waals surface area contributed by atoms with Gasteiger partial charge in [-0.15, -0.1) is 0 Å². The molecule has 8 nitrogen and oxygen atoms in total. The largest absolute Gasteiger partial charge is 0.472 e. The lowest BCUT2D eigenvalue weighted by Crippen LogP contribution is -2.60. The summed E-state index contributed by atoms with van der Waals surface area (Å²) < 4.78 is 16.5. The molecule has 2 fully saturated rings. The maximum atomic E-state index is 10.1. The van der Waals surface area contributed by atoms with Gasteiger partial charge in [-0.25, -0.2) is 0 Å². The average Bonchev–Trinajstić information content (AvgIpc) is 2.99. The Balaban J connectivity index is 1.71. The molecule has 9 unspecified atom stereocenters. The number of hydrogen-bond acceptors (Lipinski definition) is 8. The molecule has 0 aromatic carbocycles. The van der Waals surface area contributed by atoms with Crippen LogP contribution < -0.4 is 0 Å². The molecule has 1 saturated heterocycles. The van der Waals surface area contributed by atoms with Crippen LogP contribution in [0.1, 0.15) is 12.8 Å². The number of aliphatic hydroxyl groups is 5. The zero-order valence-electron chi connectivity index (χ0n) is 12.6. The Morgan fingerprint density at radius 2 is 1.74 bits per heavy atom. The molecule has 1 aliphatic carbocycles. The maximum absolute atomic E-state index is 10.1. The molecule has 0 amide bonds. The highest BCUT2D eigenvalue weighted by Gasteiger charge is 2.49. The van der Waals surface area contributed by atoms with Crippen LogP contribution in [0.2, 0.25) is 0 Å². The summed E-state index contributed by atoms with van der Waals surface area (Å²) in [6.07, 6.45) is -2.11. The van der Waals surface area contributed by atoms with Gasteiger partial charge in [0.2, 0.25) is 6.29 Å². The van der Waals surface area contributed by atoms with Crippen LogP contribution in [0.15, 0.2) is 12.3 Å². The SMILES string of the molecule is OCC1CCC2C=COC(OC3OC(CO)C(O)C(O)C3O)C21. The van der Waals surface area contributed by atoms with Gasteiger partial charge in [0.25, 0.3) is 0 Å². The first-order valence-corrected chi connectivity index (χ1v) is 7.95. The molecule has 0 aromatic heterocycles. The van der Waals surface area contributed by atoms with Crippen molar-refractivity contribution in [1.82, 2.24) is 0 Å². The second-order valence-electron chi connectivity index (χ2n) is 6.43. The predicted octanol–water partition coefficient (Wildman–Crippen LogP) is -1.69. The van der Waals surface area contributed by atoms with Gasteiger partial charge in [-0.3, -0.25) is 0 Å². The number of fused-ring (bicyclic) bond motifs is 1. The van der Waals surface area contributed by atoms with Crippen molar-refractivity contribution in [3.8, 4) is 0 Å². The number of hydrogen-bond donors (Lipinski definition) is 5. The van der Waals surface area contributed by atoms with E-state index in [0.717, 1.165) is 12.8 Å². The van der Waals surface area contributed by atoms with E-state index in [1.165, 1.54) is 6.26 Å². The minimum Gasteiger partial charge on any atom is -0.472 e. The molecular weight excluding hydrogens is 308 g/mol. The molecule has 3 rings (SSSR count). The van der Waals surface area contributed by atoms with Crippen molar-refractivity contribution < 1.29 is 39.7 Å². The Kier molecular flexibility index (Phi) is 5.22. The molecule has 23 heavy (non-hydrogen) atoms. The highest BCUT2D eigenvalue weighted by molar-refractivity contribution is 5.01. The van der Waals surface area contributed by atoms with Crippen molar-refractivity contribution in [2.75, 3.05) is 13.2 Å². The Morgan fingerprint density at radius 1 is 0.957 bits per heavy atom. The molecule has 3 aliphatic rings. The van der Waals surface area contributed by atoms with E-state index in [0.29, 0.717) is 0 Å². The van der Waals surface area contributed by atoms with E-state index in [2.05, 4.69) is 0 Å². The second kappa shape index (κ2) is 7.02. The van der Waals surface area contributed by atoms with Crippen LogP contribution in [0.5, 0.6) is 0 Å². The van der Waals surface area contributed by atoms with Crippen molar-refractivity contribution in [3.63, 3.8) is 0 Å². The summed E-state index contributed by atoms with van der Waals surface area (Å²) >= 11 is 0. The molecule has 5 N–H and O–H groups in total. The van der Waals surface area contributed by atoms with E-state index in [9.17, 15) is 25.5 Å².